The van der Waals surface area contributed by atoms with Crippen molar-refractivity contribution in [2.45, 2.75) is 24.6 Å². The van der Waals surface area contributed by atoms with Gasteiger partial charge in [-0.15, -0.1) is 11.3 Å². The fraction of sp³-hybridized carbons (Fsp3) is 0.211. The highest BCUT2D eigenvalue weighted by Crippen LogP contribution is 2.58. The standard InChI is InChI=1S/C19H11BrF8NO4PS/c20-13-11-3-8(16(29)30)4-12(14(11)35-15(13)19(27,28)34(31)32)33-6-7-1-9(17(21,22)23)5-10(2-7)18(24,25)26/h1-5,31-32H,6H2,(H2,29,30). The topological polar surface area (TPSA) is 92.8 Å². The van der Waals surface area contributed by atoms with E-state index in [1.165, 1.54) is 0 Å². The molecular weight excluding hydrogens is 601 g/mol. The molecule has 1 aromatic heterocycles. The molecule has 0 fully saturated rings. The first-order valence-electron chi connectivity index (χ1n) is 8.96. The van der Waals surface area contributed by atoms with Crippen LogP contribution in [-0.4, -0.2) is 15.7 Å². The predicted octanol–water partition coefficient (Wildman–Crippen LogP) is 6.73. The Morgan fingerprint density at radius 1 is 0.971 bits per heavy atom. The minimum Gasteiger partial charge on any atom is -0.487 e. The summed E-state index contributed by atoms with van der Waals surface area (Å²) in [5.41, 5.74) is -2.85. The molecule has 2 aromatic carbocycles. The van der Waals surface area contributed by atoms with Crippen LogP contribution in [0.5, 0.6) is 5.75 Å². The lowest BCUT2D eigenvalue weighted by molar-refractivity contribution is -0.143. The number of ether oxygens (including phenoxy) is 1. The molecule has 0 atom stereocenters. The molecular formula is C19H11BrF8NO4PS. The molecule has 0 aliphatic carbocycles. The zero-order valence-electron chi connectivity index (χ0n) is 16.6. The van der Waals surface area contributed by atoms with E-state index in [0.717, 1.165) is 12.1 Å². The van der Waals surface area contributed by atoms with Crippen LogP contribution < -0.4 is 10.5 Å². The van der Waals surface area contributed by atoms with Crippen molar-refractivity contribution < 1.29 is 54.4 Å². The molecule has 1 heterocycles. The van der Waals surface area contributed by atoms with Crippen LogP contribution in [0.25, 0.3) is 10.1 Å². The number of hydrogen-bond donors (Lipinski definition) is 3. The molecule has 0 aliphatic rings. The summed E-state index contributed by atoms with van der Waals surface area (Å²) in [4.78, 5) is 29.0. The van der Waals surface area contributed by atoms with Gasteiger partial charge in [-0.25, -0.2) is 0 Å². The van der Waals surface area contributed by atoms with E-state index in [2.05, 4.69) is 15.9 Å². The number of thiophene rings is 1. The SMILES string of the molecule is NC(=O)c1cc(OCc2cc(C(F)(F)F)cc(C(F)(F)F)c2)c2sc(C(F)(F)P(O)O)c(Br)c2c1. The van der Waals surface area contributed by atoms with Gasteiger partial charge >= 0.3 is 18.0 Å². The average Bonchev–Trinajstić information content (AvgIpc) is 3.07. The third-order valence-electron chi connectivity index (χ3n) is 4.55. The first-order chi connectivity index (χ1) is 15.9. The van der Waals surface area contributed by atoms with Crippen LogP contribution in [0.4, 0.5) is 35.1 Å². The molecule has 0 radical (unpaired) electrons. The molecule has 0 aliphatic heterocycles. The van der Waals surface area contributed by atoms with E-state index in [-0.39, 0.29) is 31.9 Å². The fourth-order valence-corrected chi connectivity index (χ4v) is 5.72. The van der Waals surface area contributed by atoms with Crippen LogP contribution >= 0.6 is 35.6 Å². The maximum atomic E-state index is 14.3. The van der Waals surface area contributed by atoms with Crippen molar-refractivity contribution in [1.29, 1.82) is 0 Å². The second-order valence-corrected chi connectivity index (χ2v) is 9.95. The molecule has 0 unspecified atom stereocenters. The smallest absolute Gasteiger partial charge is 0.416 e. The van der Waals surface area contributed by atoms with Crippen LogP contribution in [0.3, 0.4) is 0 Å². The zero-order chi connectivity index (χ0) is 26.5. The summed E-state index contributed by atoms with van der Waals surface area (Å²) in [5.74, 6) is -1.39. The normalized spacial score (nSPS) is 13.0. The summed E-state index contributed by atoms with van der Waals surface area (Å²) in [6, 6.07) is 2.86. The number of fused-ring (bicyclic) bond motifs is 1. The molecule has 190 valence electrons. The van der Waals surface area contributed by atoms with Crippen LogP contribution in [0, 0.1) is 0 Å². The lowest BCUT2D eigenvalue weighted by Crippen LogP contribution is -2.13. The van der Waals surface area contributed by atoms with Crippen LogP contribution in [0.1, 0.15) is 31.9 Å². The van der Waals surface area contributed by atoms with E-state index < -0.39 is 60.5 Å². The van der Waals surface area contributed by atoms with Crippen LogP contribution in [0.15, 0.2) is 34.8 Å². The number of hydrogen-bond acceptors (Lipinski definition) is 5. The van der Waals surface area contributed by atoms with Gasteiger partial charge in [0.05, 0.1) is 20.7 Å². The van der Waals surface area contributed by atoms with Crippen molar-refractivity contribution in [1.82, 2.24) is 0 Å². The van der Waals surface area contributed by atoms with Crippen molar-refractivity contribution in [3.8, 4) is 5.75 Å². The van der Waals surface area contributed by atoms with Gasteiger partial charge in [-0.2, -0.15) is 35.1 Å². The van der Waals surface area contributed by atoms with Gasteiger partial charge in [0.2, 0.25) is 14.3 Å². The number of alkyl halides is 8. The summed E-state index contributed by atoms with van der Waals surface area (Å²) in [6.07, 6.45) is -10.2. The first-order valence-corrected chi connectivity index (χ1v) is 11.8. The van der Waals surface area contributed by atoms with E-state index >= 15 is 0 Å². The first kappa shape index (κ1) is 27.5. The average molecular weight is 612 g/mol. The van der Waals surface area contributed by atoms with Crippen molar-refractivity contribution in [2.24, 2.45) is 5.73 Å². The number of primary amides is 1. The van der Waals surface area contributed by atoms with Crippen LogP contribution in [0.2, 0.25) is 0 Å². The number of carbonyl (C=O) groups is 1. The maximum Gasteiger partial charge on any atom is 0.416 e. The highest BCUT2D eigenvalue weighted by molar-refractivity contribution is 9.10. The predicted molar refractivity (Wildman–Crippen MR) is 114 cm³/mol. The molecule has 4 N–H and O–H groups in total. The summed E-state index contributed by atoms with van der Waals surface area (Å²) < 4.78 is 112. The Morgan fingerprint density at radius 3 is 1.97 bits per heavy atom. The number of rotatable bonds is 6. The summed E-state index contributed by atoms with van der Waals surface area (Å²) in [5, 5.41) is -0.0761. The summed E-state index contributed by atoms with van der Waals surface area (Å²) in [6.45, 7) is -0.863. The van der Waals surface area contributed by atoms with Gasteiger partial charge in [0.25, 0.3) is 0 Å². The molecule has 0 spiro atoms. The van der Waals surface area contributed by atoms with Crippen LogP contribution in [-0.2, 0) is 24.6 Å². The van der Waals surface area contributed by atoms with Crippen molar-refractivity contribution in [3.05, 3.63) is 61.9 Å². The Labute approximate surface area is 204 Å². The van der Waals surface area contributed by atoms with Gasteiger partial charge in [0, 0.05) is 15.4 Å². The number of benzene rings is 2. The Bertz CT molecular complexity index is 1260. The van der Waals surface area contributed by atoms with Gasteiger partial charge in [-0.05, 0) is 51.8 Å². The third-order valence-corrected chi connectivity index (χ3v) is 7.80. The van der Waals surface area contributed by atoms with E-state index in [4.69, 9.17) is 20.3 Å². The number of carbonyl (C=O) groups excluding carboxylic acids is 1. The largest absolute Gasteiger partial charge is 0.487 e. The number of nitrogens with two attached hydrogens (primary N) is 1. The van der Waals surface area contributed by atoms with Gasteiger partial charge in [-0.1, -0.05) is 0 Å². The van der Waals surface area contributed by atoms with Gasteiger partial charge in [0.15, 0.2) is 0 Å². The zero-order valence-corrected chi connectivity index (χ0v) is 19.9. The molecule has 35 heavy (non-hydrogen) atoms. The van der Waals surface area contributed by atoms with Gasteiger partial charge in [-0.3, -0.25) is 4.79 Å². The minimum atomic E-state index is -5.10. The van der Waals surface area contributed by atoms with Crippen molar-refractivity contribution >= 4 is 51.6 Å². The lowest BCUT2D eigenvalue weighted by Gasteiger charge is -2.15. The van der Waals surface area contributed by atoms with Gasteiger partial charge < -0.3 is 20.3 Å². The van der Waals surface area contributed by atoms with E-state index in [0.29, 0.717) is 23.5 Å². The van der Waals surface area contributed by atoms with Crippen molar-refractivity contribution in [3.63, 3.8) is 0 Å². The highest BCUT2D eigenvalue weighted by atomic mass is 79.9. The Morgan fingerprint density at radius 2 is 1.51 bits per heavy atom. The minimum absolute atomic E-state index is 0.0673. The third kappa shape index (κ3) is 5.69. The maximum absolute atomic E-state index is 14.3. The Balaban J connectivity index is 2.12. The van der Waals surface area contributed by atoms with E-state index in [9.17, 15) is 39.9 Å². The fourth-order valence-electron chi connectivity index (χ4n) is 2.94. The molecule has 0 saturated heterocycles. The molecule has 0 saturated carbocycles. The highest BCUT2D eigenvalue weighted by Gasteiger charge is 2.45. The quantitative estimate of drug-likeness (QED) is 0.213. The number of amides is 1. The van der Waals surface area contributed by atoms with E-state index in [1.54, 1.807) is 0 Å². The molecule has 5 nitrogen and oxygen atoms in total. The molecule has 3 aromatic rings. The Hall–Kier alpha value is -2.06. The molecule has 16 heteroatoms. The second-order valence-electron chi connectivity index (χ2n) is 6.99. The molecule has 0 bridgehead atoms. The van der Waals surface area contributed by atoms with E-state index in [1.807, 2.05) is 0 Å². The summed E-state index contributed by atoms with van der Waals surface area (Å²) >= 11 is 3.21. The van der Waals surface area contributed by atoms with Gasteiger partial charge in [0.1, 0.15) is 12.4 Å². The molecule has 1 amide bonds. The lowest BCUT2D eigenvalue weighted by atomic mass is 10.1. The Kier molecular flexibility index (Phi) is 7.42. The second kappa shape index (κ2) is 9.43. The summed E-state index contributed by atoms with van der Waals surface area (Å²) in [7, 11) is -3.78. The molecule has 3 rings (SSSR count). The monoisotopic (exact) mass is 611 g/mol. The van der Waals surface area contributed by atoms with Crippen molar-refractivity contribution in [2.75, 3.05) is 0 Å². The number of halogens is 9.